The summed E-state index contributed by atoms with van der Waals surface area (Å²) >= 11 is 0. The van der Waals surface area contributed by atoms with Crippen molar-refractivity contribution in [1.29, 1.82) is 0 Å². The van der Waals surface area contributed by atoms with Gasteiger partial charge in [0.1, 0.15) is 0 Å². The molecule has 0 aliphatic rings. The van der Waals surface area contributed by atoms with E-state index in [4.69, 9.17) is 0 Å². The Hall–Kier alpha value is -0.0800. The molecular formula is C17H38N2. The van der Waals surface area contributed by atoms with Crippen LogP contribution < -0.4 is 5.32 Å². The summed E-state index contributed by atoms with van der Waals surface area (Å²) in [5.41, 5.74) is 0. The molecule has 1 N–H and O–H groups in total. The second-order valence-corrected chi connectivity index (χ2v) is 6.76. The highest BCUT2D eigenvalue weighted by molar-refractivity contribution is 4.73. The van der Waals surface area contributed by atoms with Crippen LogP contribution in [0.5, 0.6) is 0 Å². The lowest BCUT2D eigenvalue weighted by atomic mass is 10.0. The lowest BCUT2D eigenvalue weighted by Crippen LogP contribution is -2.41. The fraction of sp³-hybridized carbons (Fsp3) is 1.00. The molecule has 0 bridgehead atoms. The van der Waals surface area contributed by atoms with Crippen molar-refractivity contribution in [3.8, 4) is 0 Å². The Morgan fingerprint density at radius 2 is 1.58 bits per heavy atom. The maximum Gasteiger partial charge on any atom is 0.0217 e. The van der Waals surface area contributed by atoms with E-state index < -0.39 is 0 Å². The topological polar surface area (TPSA) is 15.3 Å². The van der Waals surface area contributed by atoms with Gasteiger partial charge >= 0.3 is 0 Å². The number of nitrogens with zero attached hydrogens (tertiary/aromatic N) is 1. The molecule has 0 aromatic rings. The van der Waals surface area contributed by atoms with Crippen LogP contribution >= 0.6 is 0 Å². The van der Waals surface area contributed by atoms with E-state index >= 15 is 0 Å². The summed E-state index contributed by atoms with van der Waals surface area (Å²) in [5.74, 6) is 0.776. The van der Waals surface area contributed by atoms with Gasteiger partial charge in [-0.25, -0.2) is 0 Å². The molecule has 0 aromatic heterocycles. The largest absolute Gasteiger partial charge is 0.313 e. The molecule has 116 valence electrons. The van der Waals surface area contributed by atoms with Crippen molar-refractivity contribution < 1.29 is 0 Å². The van der Waals surface area contributed by atoms with Gasteiger partial charge in [0.2, 0.25) is 0 Å². The van der Waals surface area contributed by atoms with Crippen molar-refractivity contribution in [1.82, 2.24) is 10.2 Å². The second-order valence-electron chi connectivity index (χ2n) is 6.76. The lowest BCUT2D eigenvalue weighted by Gasteiger charge is -2.28. The molecule has 2 unspecified atom stereocenters. The predicted octanol–water partition coefficient (Wildman–Crippen LogP) is 4.30. The summed E-state index contributed by atoms with van der Waals surface area (Å²) in [6, 6.07) is 1.33. The third-order valence-electron chi connectivity index (χ3n) is 3.92. The number of rotatable bonds is 12. The third kappa shape index (κ3) is 11.4. The molecule has 0 spiro atoms. The molecule has 0 saturated heterocycles. The fourth-order valence-electron chi connectivity index (χ4n) is 2.51. The Morgan fingerprint density at radius 3 is 2.11 bits per heavy atom. The van der Waals surface area contributed by atoms with Crippen LogP contribution in [0.1, 0.15) is 72.6 Å². The number of nitrogens with one attached hydrogen (secondary N) is 1. The van der Waals surface area contributed by atoms with Gasteiger partial charge in [-0.05, 0) is 39.8 Å². The zero-order valence-electron chi connectivity index (χ0n) is 14.3. The fourth-order valence-corrected chi connectivity index (χ4v) is 2.51. The van der Waals surface area contributed by atoms with Gasteiger partial charge in [0.05, 0.1) is 0 Å². The zero-order valence-corrected chi connectivity index (χ0v) is 14.3. The monoisotopic (exact) mass is 270 g/mol. The van der Waals surface area contributed by atoms with E-state index in [1.807, 2.05) is 0 Å². The van der Waals surface area contributed by atoms with E-state index in [0.29, 0.717) is 12.1 Å². The minimum atomic E-state index is 0.663. The summed E-state index contributed by atoms with van der Waals surface area (Å²) in [5, 5.41) is 3.72. The van der Waals surface area contributed by atoms with Crippen molar-refractivity contribution in [2.45, 2.75) is 84.7 Å². The van der Waals surface area contributed by atoms with Gasteiger partial charge in [-0.3, -0.25) is 0 Å². The van der Waals surface area contributed by atoms with E-state index in [-0.39, 0.29) is 0 Å². The first-order chi connectivity index (χ1) is 8.97. The molecule has 0 radical (unpaired) electrons. The number of hydrogen-bond donors (Lipinski definition) is 1. The maximum absolute atomic E-state index is 3.72. The van der Waals surface area contributed by atoms with Gasteiger partial charge in [0.15, 0.2) is 0 Å². The van der Waals surface area contributed by atoms with E-state index in [1.54, 1.807) is 0 Å². The first-order valence-electron chi connectivity index (χ1n) is 8.37. The molecule has 0 aliphatic heterocycles. The van der Waals surface area contributed by atoms with Crippen molar-refractivity contribution >= 4 is 0 Å². The van der Waals surface area contributed by atoms with Gasteiger partial charge in [0.25, 0.3) is 0 Å². The van der Waals surface area contributed by atoms with Gasteiger partial charge in [-0.15, -0.1) is 0 Å². The first kappa shape index (κ1) is 18.9. The van der Waals surface area contributed by atoms with Crippen LogP contribution in [0.25, 0.3) is 0 Å². The van der Waals surface area contributed by atoms with Crippen LogP contribution in [0, 0.1) is 5.92 Å². The lowest BCUT2D eigenvalue weighted by molar-refractivity contribution is 0.240. The highest BCUT2D eigenvalue weighted by Crippen LogP contribution is 2.10. The summed E-state index contributed by atoms with van der Waals surface area (Å²) in [7, 11) is 4.40. The normalized spacial score (nSPS) is 15.2. The Bertz CT molecular complexity index is 190. The standard InChI is InChI=1S/C17H38N2/c1-7-8-9-10-11-12-16(4)18-14-17(19(5)6)13-15(2)3/h15-18H,7-14H2,1-6H3. The van der Waals surface area contributed by atoms with E-state index in [2.05, 4.69) is 52.0 Å². The molecule has 0 rings (SSSR count). The Morgan fingerprint density at radius 1 is 0.947 bits per heavy atom. The molecule has 2 heteroatoms. The second kappa shape index (κ2) is 11.7. The van der Waals surface area contributed by atoms with Gasteiger partial charge in [0, 0.05) is 18.6 Å². The zero-order chi connectivity index (χ0) is 14.7. The van der Waals surface area contributed by atoms with E-state index in [0.717, 1.165) is 12.5 Å². The molecule has 2 atom stereocenters. The van der Waals surface area contributed by atoms with E-state index in [1.165, 1.54) is 44.9 Å². The molecule has 2 nitrogen and oxygen atoms in total. The molecule has 0 aliphatic carbocycles. The minimum absolute atomic E-state index is 0.663. The van der Waals surface area contributed by atoms with Crippen LogP contribution in [0.4, 0.5) is 0 Å². The molecule has 19 heavy (non-hydrogen) atoms. The first-order valence-corrected chi connectivity index (χ1v) is 8.37. The highest BCUT2D eigenvalue weighted by atomic mass is 15.1. The minimum Gasteiger partial charge on any atom is -0.313 e. The average Bonchev–Trinajstić information content (AvgIpc) is 2.33. The van der Waals surface area contributed by atoms with Crippen LogP contribution in [0.2, 0.25) is 0 Å². The van der Waals surface area contributed by atoms with Crippen molar-refractivity contribution in [2.24, 2.45) is 5.92 Å². The van der Waals surface area contributed by atoms with Gasteiger partial charge < -0.3 is 10.2 Å². The Kier molecular flexibility index (Phi) is 11.7. The van der Waals surface area contributed by atoms with E-state index in [9.17, 15) is 0 Å². The quantitative estimate of drug-likeness (QED) is 0.532. The molecular weight excluding hydrogens is 232 g/mol. The summed E-state index contributed by atoms with van der Waals surface area (Å²) in [6.45, 7) is 10.4. The third-order valence-corrected chi connectivity index (χ3v) is 3.92. The van der Waals surface area contributed by atoms with Gasteiger partial charge in [-0.1, -0.05) is 52.9 Å². The smallest absolute Gasteiger partial charge is 0.0217 e. The Labute approximate surface area is 122 Å². The number of hydrogen-bond acceptors (Lipinski definition) is 2. The summed E-state index contributed by atoms with van der Waals surface area (Å²) in [6.07, 6.45) is 9.55. The molecule has 0 aromatic carbocycles. The molecule has 0 saturated carbocycles. The SMILES string of the molecule is CCCCCCCC(C)NCC(CC(C)C)N(C)C. The molecule has 0 heterocycles. The van der Waals surface area contributed by atoms with Crippen LogP contribution in [0.15, 0.2) is 0 Å². The van der Waals surface area contributed by atoms with Crippen LogP contribution in [-0.2, 0) is 0 Å². The molecule has 0 fully saturated rings. The maximum atomic E-state index is 3.72. The summed E-state index contributed by atoms with van der Waals surface area (Å²) < 4.78 is 0. The number of unbranched alkanes of at least 4 members (excludes halogenated alkanes) is 4. The molecule has 0 amide bonds. The van der Waals surface area contributed by atoms with Crippen molar-refractivity contribution in [3.63, 3.8) is 0 Å². The average molecular weight is 271 g/mol. The summed E-state index contributed by atoms with van der Waals surface area (Å²) in [4.78, 5) is 2.36. The predicted molar refractivity (Wildman–Crippen MR) is 87.8 cm³/mol. The van der Waals surface area contributed by atoms with Gasteiger partial charge in [-0.2, -0.15) is 0 Å². The highest BCUT2D eigenvalue weighted by Gasteiger charge is 2.14. The number of likely N-dealkylation sites (N-methyl/N-ethyl adjacent to an activating group) is 1. The van der Waals surface area contributed by atoms with Crippen LogP contribution in [-0.4, -0.2) is 37.6 Å². The van der Waals surface area contributed by atoms with Crippen molar-refractivity contribution in [3.05, 3.63) is 0 Å². The Balaban J connectivity index is 3.70. The van der Waals surface area contributed by atoms with Crippen LogP contribution in [0.3, 0.4) is 0 Å². The van der Waals surface area contributed by atoms with Crippen molar-refractivity contribution in [2.75, 3.05) is 20.6 Å².